The first kappa shape index (κ1) is 14.8. The van der Waals surface area contributed by atoms with Gasteiger partial charge in [-0.15, -0.1) is 0 Å². The molecule has 0 aliphatic heterocycles. The Morgan fingerprint density at radius 2 is 2.00 bits per heavy atom. The standard InChI is InChI=1S/C16H24ClNO/c1-2-11-19-12-3-10-18-16(13-4-5-13)14-6-8-15(17)9-7-14/h6-9,13,16,18H,2-5,10-12H2,1H3. The third-order valence-corrected chi connectivity index (χ3v) is 3.75. The third kappa shape index (κ3) is 5.13. The first-order chi connectivity index (χ1) is 9.31. The van der Waals surface area contributed by atoms with Crippen LogP contribution in [0.5, 0.6) is 0 Å². The van der Waals surface area contributed by atoms with Gasteiger partial charge in [0.25, 0.3) is 0 Å². The van der Waals surface area contributed by atoms with Gasteiger partial charge in [-0.05, 0) is 55.8 Å². The Balaban J connectivity index is 1.75. The SMILES string of the molecule is CCCOCCCNC(c1ccc(Cl)cc1)C1CC1. The Morgan fingerprint density at radius 1 is 1.26 bits per heavy atom. The zero-order valence-electron chi connectivity index (χ0n) is 11.7. The first-order valence-corrected chi connectivity index (χ1v) is 7.75. The molecular formula is C16H24ClNO. The van der Waals surface area contributed by atoms with Gasteiger partial charge in [0.05, 0.1) is 0 Å². The molecule has 1 atom stereocenters. The monoisotopic (exact) mass is 281 g/mol. The van der Waals surface area contributed by atoms with Crippen LogP contribution in [0.15, 0.2) is 24.3 Å². The fourth-order valence-corrected chi connectivity index (χ4v) is 2.46. The van der Waals surface area contributed by atoms with Crippen molar-refractivity contribution in [2.75, 3.05) is 19.8 Å². The fraction of sp³-hybridized carbons (Fsp3) is 0.625. The number of ether oxygens (including phenoxy) is 1. The van der Waals surface area contributed by atoms with Crippen LogP contribution in [-0.4, -0.2) is 19.8 Å². The summed E-state index contributed by atoms with van der Waals surface area (Å²) in [7, 11) is 0. The summed E-state index contributed by atoms with van der Waals surface area (Å²) >= 11 is 5.95. The Kier molecular flexibility index (Phi) is 6.15. The highest BCUT2D eigenvalue weighted by molar-refractivity contribution is 6.30. The number of halogens is 1. The molecular weight excluding hydrogens is 258 g/mol. The molecule has 2 nitrogen and oxygen atoms in total. The zero-order valence-corrected chi connectivity index (χ0v) is 12.5. The van der Waals surface area contributed by atoms with E-state index in [9.17, 15) is 0 Å². The highest BCUT2D eigenvalue weighted by Gasteiger charge is 2.31. The molecule has 0 spiro atoms. The molecule has 19 heavy (non-hydrogen) atoms. The lowest BCUT2D eigenvalue weighted by Crippen LogP contribution is -2.25. The van der Waals surface area contributed by atoms with E-state index in [1.165, 1.54) is 18.4 Å². The van der Waals surface area contributed by atoms with Crippen LogP contribution in [0, 0.1) is 5.92 Å². The molecule has 0 radical (unpaired) electrons. The second kappa shape index (κ2) is 7.88. The molecule has 1 aliphatic rings. The number of nitrogens with one attached hydrogen (secondary N) is 1. The summed E-state index contributed by atoms with van der Waals surface area (Å²) in [5.41, 5.74) is 1.36. The van der Waals surface area contributed by atoms with Crippen molar-refractivity contribution in [1.29, 1.82) is 0 Å². The average molecular weight is 282 g/mol. The Bertz CT molecular complexity index is 362. The number of benzene rings is 1. The molecule has 1 N–H and O–H groups in total. The van der Waals surface area contributed by atoms with Crippen LogP contribution < -0.4 is 5.32 Å². The molecule has 1 unspecified atom stereocenters. The predicted octanol–water partition coefficient (Wildman–Crippen LogP) is 4.20. The van der Waals surface area contributed by atoms with Crippen LogP contribution in [0.4, 0.5) is 0 Å². The summed E-state index contributed by atoms with van der Waals surface area (Å²) in [4.78, 5) is 0. The Morgan fingerprint density at radius 3 is 2.63 bits per heavy atom. The third-order valence-electron chi connectivity index (χ3n) is 3.50. The van der Waals surface area contributed by atoms with Crippen molar-refractivity contribution in [3.63, 3.8) is 0 Å². The summed E-state index contributed by atoms with van der Waals surface area (Å²) in [6.45, 7) is 4.90. The molecule has 0 heterocycles. The number of rotatable bonds is 9. The number of hydrogen-bond acceptors (Lipinski definition) is 2. The highest BCUT2D eigenvalue weighted by Crippen LogP contribution is 2.41. The minimum atomic E-state index is 0.489. The van der Waals surface area contributed by atoms with Crippen LogP contribution >= 0.6 is 11.6 Å². The summed E-state index contributed by atoms with van der Waals surface area (Å²) in [6, 6.07) is 8.75. The van der Waals surface area contributed by atoms with E-state index >= 15 is 0 Å². The van der Waals surface area contributed by atoms with Crippen molar-refractivity contribution >= 4 is 11.6 Å². The van der Waals surface area contributed by atoms with Crippen molar-refractivity contribution < 1.29 is 4.74 Å². The van der Waals surface area contributed by atoms with Gasteiger partial charge in [0.1, 0.15) is 0 Å². The van der Waals surface area contributed by atoms with E-state index in [-0.39, 0.29) is 0 Å². The van der Waals surface area contributed by atoms with Crippen molar-refractivity contribution in [3.8, 4) is 0 Å². The normalized spacial score (nSPS) is 16.5. The van der Waals surface area contributed by atoms with E-state index in [4.69, 9.17) is 16.3 Å². The molecule has 0 saturated heterocycles. The topological polar surface area (TPSA) is 21.3 Å². The van der Waals surface area contributed by atoms with Gasteiger partial charge in [0, 0.05) is 24.3 Å². The second-order valence-electron chi connectivity index (χ2n) is 5.29. The molecule has 3 heteroatoms. The van der Waals surface area contributed by atoms with Gasteiger partial charge in [-0.1, -0.05) is 30.7 Å². The van der Waals surface area contributed by atoms with E-state index in [2.05, 4.69) is 24.4 Å². The maximum absolute atomic E-state index is 5.95. The lowest BCUT2D eigenvalue weighted by atomic mass is 10.0. The van der Waals surface area contributed by atoms with Crippen LogP contribution in [0.2, 0.25) is 5.02 Å². The Labute approximate surface area is 121 Å². The van der Waals surface area contributed by atoms with Gasteiger partial charge in [0.15, 0.2) is 0 Å². The van der Waals surface area contributed by atoms with E-state index in [0.29, 0.717) is 6.04 Å². The van der Waals surface area contributed by atoms with Crippen LogP contribution in [0.1, 0.15) is 44.2 Å². The maximum atomic E-state index is 5.95. The smallest absolute Gasteiger partial charge is 0.0478 e. The van der Waals surface area contributed by atoms with Gasteiger partial charge >= 0.3 is 0 Å². The molecule has 0 amide bonds. The first-order valence-electron chi connectivity index (χ1n) is 7.38. The minimum absolute atomic E-state index is 0.489. The Hall–Kier alpha value is -0.570. The summed E-state index contributed by atoms with van der Waals surface area (Å²) in [5.74, 6) is 0.803. The van der Waals surface area contributed by atoms with Gasteiger partial charge in [0.2, 0.25) is 0 Å². The van der Waals surface area contributed by atoms with Crippen LogP contribution in [-0.2, 0) is 4.74 Å². The minimum Gasteiger partial charge on any atom is -0.381 e. The van der Waals surface area contributed by atoms with E-state index in [0.717, 1.165) is 43.5 Å². The van der Waals surface area contributed by atoms with Crippen molar-refractivity contribution in [2.24, 2.45) is 5.92 Å². The quantitative estimate of drug-likeness (QED) is 0.685. The van der Waals surface area contributed by atoms with Crippen LogP contribution in [0.25, 0.3) is 0 Å². The van der Waals surface area contributed by atoms with Gasteiger partial charge in [-0.2, -0.15) is 0 Å². The van der Waals surface area contributed by atoms with Crippen molar-refractivity contribution in [1.82, 2.24) is 5.32 Å². The largest absolute Gasteiger partial charge is 0.381 e. The maximum Gasteiger partial charge on any atom is 0.0478 e. The fourth-order valence-electron chi connectivity index (χ4n) is 2.33. The van der Waals surface area contributed by atoms with Crippen molar-refractivity contribution in [3.05, 3.63) is 34.9 Å². The number of hydrogen-bond donors (Lipinski definition) is 1. The lowest BCUT2D eigenvalue weighted by molar-refractivity contribution is 0.131. The molecule has 1 aromatic rings. The summed E-state index contributed by atoms with van der Waals surface area (Å²) < 4.78 is 5.50. The molecule has 0 aromatic heterocycles. The van der Waals surface area contributed by atoms with Gasteiger partial charge in [-0.25, -0.2) is 0 Å². The average Bonchev–Trinajstić information content (AvgIpc) is 3.24. The molecule has 0 bridgehead atoms. The predicted molar refractivity (Wildman–Crippen MR) is 80.6 cm³/mol. The second-order valence-corrected chi connectivity index (χ2v) is 5.72. The van der Waals surface area contributed by atoms with E-state index in [1.54, 1.807) is 0 Å². The van der Waals surface area contributed by atoms with Crippen LogP contribution in [0.3, 0.4) is 0 Å². The van der Waals surface area contributed by atoms with E-state index in [1.807, 2.05) is 12.1 Å². The molecule has 106 valence electrons. The zero-order chi connectivity index (χ0) is 13.5. The summed E-state index contributed by atoms with van der Waals surface area (Å²) in [5, 5.41) is 4.48. The molecule has 1 aromatic carbocycles. The lowest BCUT2D eigenvalue weighted by Gasteiger charge is -2.19. The molecule has 2 rings (SSSR count). The summed E-state index contributed by atoms with van der Waals surface area (Å²) in [6.07, 6.45) is 4.86. The molecule has 1 fully saturated rings. The molecule has 1 aliphatic carbocycles. The van der Waals surface area contributed by atoms with Crippen molar-refractivity contribution in [2.45, 2.75) is 38.6 Å². The van der Waals surface area contributed by atoms with Gasteiger partial charge in [-0.3, -0.25) is 0 Å². The van der Waals surface area contributed by atoms with E-state index < -0.39 is 0 Å². The molecule has 1 saturated carbocycles. The highest BCUT2D eigenvalue weighted by atomic mass is 35.5. The van der Waals surface area contributed by atoms with Gasteiger partial charge < -0.3 is 10.1 Å².